The molecule has 0 unspecified atom stereocenters. The smallest absolute Gasteiger partial charge is 0.00613 e. The summed E-state index contributed by atoms with van der Waals surface area (Å²) in [6.07, 6.45) is 16.5. The van der Waals surface area contributed by atoms with Crippen molar-refractivity contribution in [2.75, 3.05) is 0 Å². The lowest BCUT2D eigenvalue weighted by Crippen LogP contribution is -1.83. The highest BCUT2D eigenvalue weighted by molar-refractivity contribution is 7.08. The molecule has 2 heteroatoms. The predicted molar refractivity (Wildman–Crippen MR) is 114 cm³/mol. The molecule has 0 aliphatic carbocycles. The van der Waals surface area contributed by atoms with E-state index in [4.69, 9.17) is 0 Å². The standard InChI is InChI=1S/C12H20S.C10H16S/c1-2-3-4-5-6-7-8-12-9-10-13-11-12;1-2-3-4-5-6-10-7-8-11-9-10/h9-11H,2-8H2,1H3;7-9H,2-6H2,1H3. The van der Waals surface area contributed by atoms with E-state index in [0.717, 1.165) is 0 Å². The van der Waals surface area contributed by atoms with Gasteiger partial charge in [0.2, 0.25) is 0 Å². The average molecular weight is 365 g/mol. The first-order chi connectivity index (χ1) is 11.9. The second kappa shape index (κ2) is 15.9. The molecule has 0 saturated heterocycles. The van der Waals surface area contributed by atoms with E-state index in [-0.39, 0.29) is 0 Å². The topological polar surface area (TPSA) is 0 Å². The lowest BCUT2D eigenvalue weighted by Gasteiger charge is -1.99. The third-order valence-corrected chi connectivity index (χ3v) is 5.76. The van der Waals surface area contributed by atoms with Gasteiger partial charge in [0.05, 0.1) is 0 Å². The van der Waals surface area contributed by atoms with Gasteiger partial charge < -0.3 is 0 Å². The van der Waals surface area contributed by atoms with Crippen LogP contribution in [0.2, 0.25) is 0 Å². The molecule has 0 atom stereocenters. The predicted octanol–water partition coefficient (Wildman–Crippen LogP) is 8.52. The molecule has 0 bridgehead atoms. The fourth-order valence-corrected chi connectivity index (χ4v) is 4.14. The molecular weight excluding hydrogens is 328 g/mol. The van der Waals surface area contributed by atoms with Gasteiger partial charge in [-0.25, -0.2) is 0 Å². The number of hydrogen-bond acceptors (Lipinski definition) is 2. The summed E-state index contributed by atoms with van der Waals surface area (Å²) in [5, 5.41) is 8.86. The Balaban J connectivity index is 0.000000243. The highest BCUT2D eigenvalue weighted by Crippen LogP contribution is 2.12. The summed E-state index contributed by atoms with van der Waals surface area (Å²) < 4.78 is 0. The maximum absolute atomic E-state index is 2.27. The van der Waals surface area contributed by atoms with Gasteiger partial charge in [-0.05, 0) is 70.5 Å². The van der Waals surface area contributed by atoms with E-state index in [0.29, 0.717) is 0 Å². The number of thiophene rings is 2. The second-order valence-corrected chi connectivity index (χ2v) is 8.15. The van der Waals surface area contributed by atoms with Crippen molar-refractivity contribution in [2.24, 2.45) is 0 Å². The van der Waals surface area contributed by atoms with Crippen LogP contribution >= 0.6 is 22.7 Å². The van der Waals surface area contributed by atoms with Crippen LogP contribution in [-0.2, 0) is 12.8 Å². The molecule has 2 heterocycles. The molecule has 0 aliphatic heterocycles. The zero-order valence-electron chi connectivity index (χ0n) is 15.8. The largest absolute Gasteiger partial charge is 0.152 e. The number of unbranched alkanes of at least 4 members (excludes halogenated alkanes) is 8. The van der Waals surface area contributed by atoms with E-state index in [2.05, 4.69) is 47.5 Å². The lowest BCUT2D eigenvalue weighted by atomic mass is 10.1. The molecular formula is C22H36S2. The van der Waals surface area contributed by atoms with E-state index < -0.39 is 0 Å². The van der Waals surface area contributed by atoms with Crippen LogP contribution in [0.25, 0.3) is 0 Å². The molecule has 0 saturated carbocycles. The minimum absolute atomic E-state index is 1.28. The van der Waals surface area contributed by atoms with Crippen LogP contribution in [0.4, 0.5) is 0 Å². The van der Waals surface area contributed by atoms with Crippen molar-refractivity contribution in [3.8, 4) is 0 Å². The van der Waals surface area contributed by atoms with Crippen molar-refractivity contribution >= 4 is 22.7 Å². The van der Waals surface area contributed by atoms with Crippen LogP contribution < -0.4 is 0 Å². The van der Waals surface area contributed by atoms with Crippen LogP contribution in [-0.4, -0.2) is 0 Å². The van der Waals surface area contributed by atoms with Gasteiger partial charge in [-0.15, -0.1) is 0 Å². The van der Waals surface area contributed by atoms with Crippen LogP contribution in [0.15, 0.2) is 33.7 Å². The van der Waals surface area contributed by atoms with Crippen molar-refractivity contribution in [1.29, 1.82) is 0 Å². The van der Waals surface area contributed by atoms with E-state index in [1.54, 1.807) is 11.3 Å². The van der Waals surface area contributed by atoms with Gasteiger partial charge in [0.25, 0.3) is 0 Å². The number of rotatable bonds is 12. The Hall–Kier alpha value is -0.600. The molecule has 2 aromatic rings. The molecule has 0 nitrogen and oxygen atoms in total. The summed E-state index contributed by atoms with van der Waals surface area (Å²) >= 11 is 3.61. The summed E-state index contributed by atoms with van der Waals surface area (Å²) in [4.78, 5) is 0. The van der Waals surface area contributed by atoms with Gasteiger partial charge in [-0.3, -0.25) is 0 Å². The van der Waals surface area contributed by atoms with E-state index in [1.807, 2.05) is 11.3 Å². The summed E-state index contributed by atoms with van der Waals surface area (Å²) in [6, 6.07) is 4.48. The van der Waals surface area contributed by atoms with Crippen LogP contribution in [0.3, 0.4) is 0 Å². The van der Waals surface area contributed by atoms with Crippen LogP contribution in [0.1, 0.15) is 89.2 Å². The molecule has 0 radical (unpaired) electrons. The summed E-state index contributed by atoms with van der Waals surface area (Å²) in [5.41, 5.74) is 3.05. The van der Waals surface area contributed by atoms with Crippen molar-refractivity contribution in [1.82, 2.24) is 0 Å². The first-order valence-corrected chi connectivity index (χ1v) is 11.8. The molecule has 0 spiro atoms. The van der Waals surface area contributed by atoms with Crippen molar-refractivity contribution in [3.05, 3.63) is 44.8 Å². The molecule has 0 fully saturated rings. The van der Waals surface area contributed by atoms with Crippen molar-refractivity contribution < 1.29 is 0 Å². The maximum atomic E-state index is 2.27. The van der Waals surface area contributed by atoms with Gasteiger partial charge in [0.15, 0.2) is 0 Å². The summed E-state index contributed by atoms with van der Waals surface area (Å²) in [7, 11) is 0. The van der Waals surface area contributed by atoms with Gasteiger partial charge in [-0.1, -0.05) is 65.2 Å². The SMILES string of the molecule is CCCCCCCCc1ccsc1.CCCCCCc1ccsc1. The minimum Gasteiger partial charge on any atom is -0.152 e. The Morgan fingerprint density at radius 3 is 1.42 bits per heavy atom. The first kappa shape index (κ1) is 21.4. The van der Waals surface area contributed by atoms with Crippen LogP contribution in [0, 0.1) is 0 Å². The molecule has 2 rings (SSSR count). The monoisotopic (exact) mass is 364 g/mol. The third-order valence-electron chi connectivity index (χ3n) is 4.30. The fourth-order valence-electron chi connectivity index (χ4n) is 2.74. The maximum Gasteiger partial charge on any atom is -0.00613 e. The Bertz CT molecular complexity index is 442. The Kier molecular flexibility index (Phi) is 14.2. The zero-order chi connectivity index (χ0) is 17.3. The Labute approximate surface area is 158 Å². The summed E-state index contributed by atoms with van der Waals surface area (Å²) in [5.74, 6) is 0. The van der Waals surface area contributed by atoms with Crippen LogP contribution in [0.5, 0.6) is 0 Å². The number of aryl methyl sites for hydroxylation is 2. The molecule has 0 aromatic carbocycles. The van der Waals surface area contributed by atoms with Gasteiger partial charge in [-0.2, -0.15) is 22.7 Å². The van der Waals surface area contributed by atoms with Gasteiger partial charge in [0.1, 0.15) is 0 Å². The highest BCUT2D eigenvalue weighted by atomic mass is 32.1. The van der Waals surface area contributed by atoms with Crippen molar-refractivity contribution in [3.63, 3.8) is 0 Å². The average Bonchev–Trinajstić information content (AvgIpc) is 3.29. The second-order valence-electron chi connectivity index (χ2n) is 6.59. The fraction of sp³-hybridized carbons (Fsp3) is 0.636. The minimum atomic E-state index is 1.28. The summed E-state index contributed by atoms with van der Waals surface area (Å²) in [6.45, 7) is 4.52. The van der Waals surface area contributed by atoms with Gasteiger partial charge >= 0.3 is 0 Å². The lowest BCUT2D eigenvalue weighted by molar-refractivity contribution is 0.608. The third kappa shape index (κ3) is 11.9. The van der Waals surface area contributed by atoms with E-state index >= 15 is 0 Å². The quantitative estimate of drug-likeness (QED) is 0.331. The highest BCUT2D eigenvalue weighted by Gasteiger charge is 1.93. The Morgan fingerprint density at radius 1 is 0.583 bits per heavy atom. The van der Waals surface area contributed by atoms with Gasteiger partial charge in [0, 0.05) is 0 Å². The zero-order valence-corrected chi connectivity index (χ0v) is 17.4. The van der Waals surface area contributed by atoms with E-state index in [1.165, 1.54) is 88.2 Å². The van der Waals surface area contributed by atoms with E-state index in [9.17, 15) is 0 Å². The first-order valence-electron chi connectivity index (χ1n) is 9.89. The molecule has 2 aromatic heterocycles. The number of hydrogen-bond donors (Lipinski definition) is 0. The molecule has 0 aliphatic rings. The Morgan fingerprint density at radius 2 is 1.00 bits per heavy atom. The van der Waals surface area contributed by atoms with Crippen molar-refractivity contribution in [2.45, 2.75) is 90.9 Å². The normalized spacial score (nSPS) is 10.4. The molecule has 0 N–H and O–H groups in total. The molecule has 0 amide bonds. The molecule has 24 heavy (non-hydrogen) atoms. The molecule has 136 valence electrons.